The van der Waals surface area contributed by atoms with Gasteiger partial charge in [-0.2, -0.15) is 4.31 Å². The van der Waals surface area contributed by atoms with E-state index in [0.717, 1.165) is 37.3 Å². The van der Waals surface area contributed by atoms with Crippen molar-refractivity contribution in [3.8, 4) is 0 Å². The van der Waals surface area contributed by atoms with E-state index in [9.17, 15) is 8.42 Å². The molecule has 5 nitrogen and oxygen atoms in total. The molecule has 2 aliphatic rings. The second kappa shape index (κ2) is 5.59. The van der Waals surface area contributed by atoms with Crippen molar-refractivity contribution >= 4 is 15.7 Å². The van der Waals surface area contributed by atoms with Crippen LogP contribution in [0.3, 0.4) is 0 Å². The summed E-state index contributed by atoms with van der Waals surface area (Å²) < 4.78 is 27.3. The SMILES string of the molecule is CCN1CCN(S(=O)(=O)c2ccc3c(c2)CCN3)CC1C. The number of anilines is 1. The van der Waals surface area contributed by atoms with Crippen molar-refractivity contribution in [2.45, 2.75) is 31.2 Å². The fourth-order valence-corrected chi connectivity index (χ4v) is 4.80. The molecule has 2 heterocycles. The van der Waals surface area contributed by atoms with E-state index in [1.54, 1.807) is 10.4 Å². The van der Waals surface area contributed by atoms with Crippen molar-refractivity contribution in [3.05, 3.63) is 23.8 Å². The smallest absolute Gasteiger partial charge is 0.243 e. The van der Waals surface area contributed by atoms with E-state index in [2.05, 4.69) is 24.1 Å². The molecule has 1 atom stereocenters. The molecule has 2 aliphatic heterocycles. The molecule has 1 N–H and O–H groups in total. The lowest BCUT2D eigenvalue weighted by Crippen LogP contribution is -2.53. The van der Waals surface area contributed by atoms with Crippen LogP contribution in [0.25, 0.3) is 0 Å². The van der Waals surface area contributed by atoms with Gasteiger partial charge in [0.15, 0.2) is 0 Å². The average molecular weight is 309 g/mol. The minimum absolute atomic E-state index is 0.273. The Kier molecular flexibility index (Phi) is 3.94. The van der Waals surface area contributed by atoms with Gasteiger partial charge in [-0.15, -0.1) is 0 Å². The van der Waals surface area contributed by atoms with Crippen molar-refractivity contribution in [2.75, 3.05) is 38.0 Å². The molecule has 1 saturated heterocycles. The predicted molar refractivity (Wildman–Crippen MR) is 84.1 cm³/mol. The van der Waals surface area contributed by atoms with Crippen LogP contribution < -0.4 is 5.32 Å². The van der Waals surface area contributed by atoms with Crippen LogP contribution >= 0.6 is 0 Å². The molecule has 0 aliphatic carbocycles. The molecule has 1 unspecified atom stereocenters. The van der Waals surface area contributed by atoms with Crippen molar-refractivity contribution in [1.82, 2.24) is 9.21 Å². The van der Waals surface area contributed by atoms with Crippen LogP contribution in [0.5, 0.6) is 0 Å². The summed E-state index contributed by atoms with van der Waals surface area (Å²) in [4.78, 5) is 2.75. The topological polar surface area (TPSA) is 52.7 Å². The zero-order chi connectivity index (χ0) is 15.0. The lowest BCUT2D eigenvalue weighted by molar-refractivity contribution is 0.135. The van der Waals surface area contributed by atoms with Crippen LogP contribution in [0.1, 0.15) is 19.4 Å². The zero-order valence-corrected chi connectivity index (χ0v) is 13.5. The molecule has 0 saturated carbocycles. The van der Waals surface area contributed by atoms with E-state index in [0.29, 0.717) is 18.0 Å². The lowest BCUT2D eigenvalue weighted by atomic mass is 10.2. The maximum Gasteiger partial charge on any atom is 0.243 e. The van der Waals surface area contributed by atoms with E-state index in [-0.39, 0.29) is 6.04 Å². The molecule has 0 bridgehead atoms. The first-order valence-electron chi connectivity index (χ1n) is 7.63. The van der Waals surface area contributed by atoms with Crippen molar-refractivity contribution < 1.29 is 8.42 Å². The summed E-state index contributed by atoms with van der Waals surface area (Å²) in [5.41, 5.74) is 2.18. The van der Waals surface area contributed by atoms with E-state index in [1.165, 1.54) is 0 Å². The third-order valence-electron chi connectivity index (χ3n) is 4.56. The normalized spacial score (nSPS) is 23.8. The molecule has 116 valence electrons. The van der Waals surface area contributed by atoms with Crippen molar-refractivity contribution in [3.63, 3.8) is 0 Å². The average Bonchev–Trinajstić information content (AvgIpc) is 2.94. The number of likely N-dealkylation sites (N-methyl/N-ethyl adjacent to an activating group) is 1. The lowest BCUT2D eigenvalue weighted by Gasteiger charge is -2.38. The Bertz CT molecular complexity index is 630. The van der Waals surface area contributed by atoms with Gasteiger partial charge in [-0.25, -0.2) is 8.42 Å². The number of benzene rings is 1. The number of sulfonamides is 1. The summed E-state index contributed by atoms with van der Waals surface area (Å²) in [5.74, 6) is 0. The van der Waals surface area contributed by atoms with Crippen LogP contribution in [0.15, 0.2) is 23.1 Å². The molecule has 6 heteroatoms. The second-order valence-electron chi connectivity index (χ2n) is 5.84. The van der Waals surface area contributed by atoms with Gasteiger partial charge in [0.05, 0.1) is 4.90 Å². The highest BCUT2D eigenvalue weighted by Gasteiger charge is 2.32. The Morgan fingerprint density at radius 1 is 1.33 bits per heavy atom. The van der Waals surface area contributed by atoms with E-state index in [1.807, 2.05) is 12.1 Å². The molecule has 0 amide bonds. The van der Waals surface area contributed by atoms with Gasteiger partial charge in [0.1, 0.15) is 0 Å². The second-order valence-corrected chi connectivity index (χ2v) is 7.77. The molecule has 0 spiro atoms. The monoisotopic (exact) mass is 309 g/mol. The summed E-state index contributed by atoms with van der Waals surface area (Å²) >= 11 is 0. The third kappa shape index (κ3) is 2.67. The number of fused-ring (bicyclic) bond motifs is 1. The highest BCUT2D eigenvalue weighted by molar-refractivity contribution is 7.89. The quantitative estimate of drug-likeness (QED) is 0.916. The summed E-state index contributed by atoms with van der Waals surface area (Å²) in [6.07, 6.45) is 0.901. The van der Waals surface area contributed by atoms with Crippen LogP contribution in [0.2, 0.25) is 0 Å². The molecule has 1 fully saturated rings. The minimum atomic E-state index is -3.37. The number of piperazine rings is 1. The number of nitrogens with one attached hydrogen (secondary N) is 1. The Hall–Kier alpha value is -1.11. The first-order chi connectivity index (χ1) is 10.0. The van der Waals surface area contributed by atoms with Crippen LogP contribution in [-0.2, 0) is 16.4 Å². The number of hydrogen-bond donors (Lipinski definition) is 1. The van der Waals surface area contributed by atoms with Crippen LogP contribution in [-0.4, -0.2) is 56.4 Å². The Labute approximate surface area is 127 Å². The Morgan fingerprint density at radius 3 is 2.86 bits per heavy atom. The molecule has 1 aromatic rings. The Morgan fingerprint density at radius 2 is 2.14 bits per heavy atom. The fraction of sp³-hybridized carbons (Fsp3) is 0.600. The van der Waals surface area contributed by atoms with Gasteiger partial charge in [-0.3, -0.25) is 4.90 Å². The highest BCUT2D eigenvalue weighted by Crippen LogP contribution is 2.27. The standard InChI is InChI=1S/C15H23N3O2S/c1-3-17-8-9-18(11-12(17)2)21(19,20)14-4-5-15-13(10-14)6-7-16-15/h4-5,10,12,16H,3,6-9,11H2,1-2H3. The summed E-state index contributed by atoms with van der Waals surface area (Å²) in [6.45, 7) is 8.04. The maximum atomic E-state index is 12.8. The summed E-state index contributed by atoms with van der Waals surface area (Å²) in [7, 11) is -3.37. The van der Waals surface area contributed by atoms with Gasteiger partial charge in [0.2, 0.25) is 10.0 Å². The van der Waals surface area contributed by atoms with Crippen LogP contribution in [0, 0.1) is 0 Å². The van der Waals surface area contributed by atoms with Gasteiger partial charge < -0.3 is 5.32 Å². The molecule has 0 radical (unpaired) electrons. The van der Waals surface area contributed by atoms with Crippen LogP contribution in [0.4, 0.5) is 5.69 Å². The first kappa shape index (κ1) is 14.8. The molecule has 0 aromatic heterocycles. The molecular weight excluding hydrogens is 286 g/mol. The van der Waals surface area contributed by atoms with Gasteiger partial charge in [0, 0.05) is 37.9 Å². The number of hydrogen-bond acceptors (Lipinski definition) is 4. The van der Waals surface area contributed by atoms with Gasteiger partial charge in [-0.05, 0) is 43.7 Å². The molecule has 3 rings (SSSR count). The third-order valence-corrected chi connectivity index (χ3v) is 6.42. The van der Waals surface area contributed by atoms with E-state index >= 15 is 0 Å². The largest absolute Gasteiger partial charge is 0.384 e. The fourth-order valence-electron chi connectivity index (χ4n) is 3.24. The molecular formula is C15H23N3O2S. The van der Waals surface area contributed by atoms with Crippen molar-refractivity contribution in [2.24, 2.45) is 0 Å². The van der Waals surface area contributed by atoms with Crippen molar-refractivity contribution in [1.29, 1.82) is 0 Å². The minimum Gasteiger partial charge on any atom is -0.384 e. The highest BCUT2D eigenvalue weighted by atomic mass is 32.2. The van der Waals surface area contributed by atoms with Gasteiger partial charge >= 0.3 is 0 Å². The first-order valence-corrected chi connectivity index (χ1v) is 9.07. The predicted octanol–water partition coefficient (Wildman–Crippen LogP) is 1.37. The Balaban J connectivity index is 1.84. The summed E-state index contributed by atoms with van der Waals surface area (Å²) in [6, 6.07) is 5.72. The zero-order valence-electron chi connectivity index (χ0n) is 12.7. The summed E-state index contributed by atoms with van der Waals surface area (Å²) in [5, 5.41) is 3.26. The molecule has 1 aromatic carbocycles. The van der Waals surface area contributed by atoms with E-state index in [4.69, 9.17) is 0 Å². The van der Waals surface area contributed by atoms with E-state index < -0.39 is 10.0 Å². The molecule has 21 heavy (non-hydrogen) atoms. The maximum absolute atomic E-state index is 12.8. The number of nitrogens with zero attached hydrogens (tertiary/aromatic N) is 2. The van der Waals surface area contributed by atoms with Gasteiger partial charge in [-0.1, -0.05) is 6.92 Å². The van der Waals surface area contributed by atoms with Gasteiger partial charge in [0.25, 0.3) is 0 Å². The number of rotatable bonds is 3.